The van der Waals surface area contributed by atoms with Gasteiger partial charge < -0.3 is 4.98 Å². The number of H-pyrrole nitrogens is 1. The maximum atomic E-state index is 12.4. The van der Waals surface area contributed by atoms with E-state index in [4.69, 9.17) is 0 Å². The Morgan fingerprint density at radius 1 is 1.04 bits per heavy atom. The number of nitrogens with one attached hydrogen (secondary N) is 1. The Morgan fingerprint density at radius 3 is 2.57 bits per heavy atom. The molecule has 114 valence electrons. The van der Waals surface area contributed by atoms with Gasteiger partial charge in [0, 0.05) is 22.9 Å². The number of fused-ring (bicyclic) bond motifs is 3. The number of hydrogen-bond acceptors (Lipinski definition) is 1. The number of aromatic nitrogens is 1. The molecule has 1 aromatic heterocycles. The summed E-state index contributed by atoms with van der Waals surface area (Å²) in [4.78, 5) is 15.9. The highest BCUT2D eigenvalue weighted by molar-refractivity contribution is 6.05. The molecule has 0 aliphatic heterocycles. The summed E-state index contributed by atoms with van der Waals surface area (Å²) in [7, 11) is 0. The van der Waals surface area contributed by atoms with Gasteiger partial charge in [-0.1, -0.05) is 55.0 Å². The van der Waals surface area contributed by atoms with Crippen LogP contribution >= 0.6 is 0 Å². The molecule has 1 unspecified atom stereocenters. The van der Waals surface area contributed by atoms with Crippen molar-refractivity contribution in [2.45, 2.75) is 26.2 Å². The first-order chi connectivity index (χ1) is 11.1. The zero-order chi connectivity index (χ0) is 16.0. The number of benzene rings is 2. The fraction of sp³-hybridized carbons (Fsp3) is 0.190. The Balaban J connectivity index is 2.00. The molecule has 0 radical (unpaired) electrons. The smallest absolute Gasteiger partial charge is 0.156 e. The van der Waals surface area contributed by atoms with Crippen molar-refractivity contribution in [2.24, 2.45) is 0 Å². The summed E-state index contributed by atoms with van der Waals surface area (Å²) in [5, 5.41) is 1.22. The number of para-hydroxylation sites is 1. The van der Waals surface area contributed by atoms with Crippen molar-refractivity contribution in [2.75, 3.05) is 0 Å². The molecule has 3 aromatic rings. The molecule has 2 heteroatoms. The lowest BCUT2D eigenvalue weighted by Crippen LogP contribution is -1.99. The molecule has 2 aromatic carbocycles. The minimum atomic E-state index is 0.196. The van der Waals surface area contributed by atoms with Crippen LogP contribution in [0.5, 0.6) is 0 Å². The van der Waals surface area contributed by atoms with Crippen molar-refractivity contribution in [3.8, 4) is 0 Å². The van der Waals surface area contributed by atoms with Crippen LogP contribution in [0.25, 0.3) is 16.5 Å². The highest BCUT2D eigenvalue weighted by atomic mass is 16.1. The van der Waals surface area contributed by atoms with E-state index in [1.54, 1.807) is 0 Å². The van der Waals surface area contributed by atoms with Gasteiger partial charge in [0.05, 0.1) is 5.69 Å². The Bertz CT molecular complexity index is 928. The average molecular weight is 301 g/mol. The summed E-state index contributed by atoms with van der Waals surface area (Å²) in [6.45, 7) is 4.22. The number of aryl methyl sites for hydroxylation is 1. The number of aromatic amines is 1. The molecule has 0 saturated heterocycles. The fourth-order valence-electron chi connectivity index (χ4n) is 3.54. The van der Waals surface area contributed by atoms with E-state index in [1.807, 2.05) is 12.1 Å². The van der Waals surface area contributed by atoms with Crippen molar-refractivity contribution in [1.82, 2.24) is 4.98 Å². The normalized spacial score (nSPS) is 17.7. The second kappa shape index (κ2) is 5.24. The standard InChI is InChI=1S/C21H19NO/c1-13-7-9-15(10-8-13)18-12-16(23)11-14(2)20-17-5-3-4-6-19(17)22-21(18)20/h3-10,12,14,22H,11H2,1-2H3. The molecule has 1 aliphatic carbocycles. The van der Waals surface area contributed by atoms with Gasteiger partial charge in [-0.2, -0.15) is 0 Å². The van der Waals surface area contributed by atoms with Gasteiger partial charge >= 0.3 is 0 Å². The molecule has 23 heavy (non-hydrogen) atoms. The van der Waals surface area contributed by atoms with Gasteiger partial charge in [-0.25, -0.2) is 0 Å². The van der Waals surface area contributed by atoms with Gasteiger partial charge in [0.15, 0.2) is 5.78 Å². The maximum Gasteiger partial charge on any atom is 0.156 e. The number of allylic oxidation sites excluding steroid dienone is 1. The van der Waals surface area contributed by atoms with Crippen LogP contribution in [0.4, 0.5) is 0 Å². The van der Waals surface area contributed by atoms with E-state index in [0.29, 0.717) is 6.42 Å². The molecule has 1 heterocycles. The van der Waals surface area contributed by atoms with Crippen LogP contribution in [0.1, 0.15) is 41.6 Å². The zero-order valence-electron chi connectivity index (χ0n) is 13.4. The van der Waals surface area contributed by atoms with E-state index in [2.05, 4.69) is 61.3 Å². The van der Waals surface area contributed by atoms with Gasteiger partial charge in [-0.3, -0.25) is 4.79 Å². The lowest BCUT2D eigenvalue weighted by molar-refractivity contribution is -0.114. The Hall–Kier alpha value is -2.61. The molecule has 1 atom stereocenters. The van der Waals surface area contributed by atoms with Gasteiger partial charge in [0.25, 0.3) is 0 Å². The number of ketones is 1. The third kappa shape index (κ3) is 2.31. The van der Waals surface area contributed by atoms with Crippen LogP contribution in [-0.2, 0) is 4.79 Å². The van der Waals surface area contributed by atoms with E-state index >= 15 is 0 Å². The SMILES string of the molecule is Cc1ccc(C2=CC(=O)CC(C)c3c2[nH]c2ccccc32)cc1. The second-order valence-electron chi connectivity index (χ2n) is 6.45. The number of carbonyl (C=O) groups excluding carboxylic acids is 1. The van der Waals surface area contributed by atoms with Crippen LogP contribution in [0.2, 0.25) is 0 Å². The first kappa shape index (κ1) is 14.0. The van der Waals surface area contributed by atoms with Crippen molar-refractivity contribution in [3.05, 3.63) is 77.0 Å². The minimum absolute atomic E-state index is 0.196. The predicted molar refractivity (Wildman–Crippen MR) is 94.6 cm³/mol. The van der Waals surface area contributed by atoms with E-state index < -0.39 is 0 Å². The molecule has 0 fully saturated rings. The van der Waals surface area contributed by atoms with Crippen LogP contribution in [0.15, 0.2) is 54.6 Å². The molecule has 4 rings (SSSR count). The van der Waals surface area contributed by atoms with Crippen molar-refractivity contribution >= 4 is 22.3 Å². The highest BCUT2D eigenvalue weighted by Crippen LogP contribution is 2.39. The molecular formula is C21H19NO. The molecule has 2 nitrogen and oxygen atoms in total. The second-order valence-corrected chi connectivity index (χ2v) is 6.45. The zero-order valence-corrected chi connectivity index (χ0v) is 13.4. The van der Waals surface area contributed by atoms with Gasteiger partial charge in [0.2, 0.25) is 0 Å². The number of hydrogen-bond donors (Lipinski definition) is 1. The molecular weight excluding hydrogens is 282 g/mol. The lowest BCUT2D eigenvalue weighted by atomic mass is 9.93. The molecule has 0 spiro atoms. The Morgan fingerprint density at radius 2 is 1.78 bits per heavy atom. The maximum absolute atomic E-state index is 12.4. The summed E-state index contributed by atoms with van der Waals surface area (Å²) in [5.74, 6) is 0.412. The van der Waals surface area contributed by atoms with Crippen LogP contribution in [0, 0.1) is 6.92 Å². The first-order valence-corrected chi connectivity index (χ1v) is 8.06. The molecule has 0 saturated carbocycles. The van der Waals surface area contributed by atoms with E-state index in [1.165, 1.54) is 16.5 Å². The summed E-state index contributed by atoms with van der Waals surface area (Å²) in [5.41, 5.74) is 6.80. The third-order valence-corrected chi connectivity index (χ3v) is 4.68. The lowest BCUT2D eigenvalue weighted by Gasteiger charge is -2.11. The predicted octanol–water partition coefficient (Wildman–Crippen LogP) is 4.98. The van der Waals surface area contributed by atoms with Gasteiger partial charge in [-0.05, 0) is 36.1 Å². The molecule has 0 bridgehead atoms. The Labute approximate surface area is 135 Å². The van der Waals surface area contributed by atoms with Crippen molar-refractivity contribution in [1.29, 1.82) is 0 Å². The largest absolute Gasteiger partial charge is 0.354 e. The summed E-state index contributed by atoms with van der Waals surface area (Å²) in [6.07, 6.45) is 2.37. The highest BCUT2D eigenvalue weighted by Gasteiger charge is 2.25. The third-order valence-electron chi connectivity index (χ3n) is 4.68. The summed E-state index contributed by atoms with van der Waals surface area (Å²) in [6, 6.07) is 16.7. The van der Waals surface area contributed by atoms with E-state index in [-0.39, 0.29) is 11.7 Å². The van der Waals surface area contributed by atoms with Crippen molar-refractivity contribution < 1.29 is 4.79 Å². The molecule has 1 aliphatic rings. The van der Waals surface area contributed by atoms with Crippen LogP contribution in [-0.4, -0.2) is 10.8 Å². The number of carbonyl (C=O) groups is 1. The van der Waals surface area contributed by atoms with Crippen molar-refractivity contribution in [3.63, 3.8) is 0 Å². The average Bonchev–Trinajstić information content (AvgIpc) is 2.87. The van der Waals surface area contributed by atoms with E-state index in [0.717, 1.165) is 22.3 Å². The molecule has 1 N–H and O–H groups in total. The van der Waals surface area contributed by atoms with E-state index in [9.17, 15) is 4.79 Å². The summed E-state index contributed by atoms with van der Waals surface area (Å²) >= 11 is 0. The quantitative estimate of drug-likeness (QED) is 0.675. The van der Waals surface area contributed by atoms with Crippen LogP contribution in [0.3, 0.4) is 0 Å². The minimum Gasteiger partial charge on any atom is -0.354 e. The Kier molecular flexibility index (Phi) is 3.19. The number of rotatable bonds is 1. The summed E-state index contributed by atoms with van der Waals surface area (Å²) < 4.78 is 0. The fourth-order valence-corrected chi connectivity index (χ4v) is 3.54. The first-order valence-electron chi connectivity index (χ1n) is 8.06. The topological polar surface area (TPSA) is 32.9 Å². The van der Waals surface area contributed by atoms with Gasteiger partial charge in [-0.15, -0.1) is 0 Å². The molecule has 0 amide bonds. The monoisotopic (exact) mass is 301 g/mol. The van der Waals surface area contributed by atoms with Gasteiger partial charge in [0.1, 0.15) is 0 Å². The van der Waals surface area contributed by atoms with Crippen LogP contribution < -0.4 is 0 Å².